The quantitative estimate of drug-likeness (QED) is 0.474. The number of aromatic amines is 1. The van der Waals surface area contributed by atoms with Gasteiger partial charge in [-0.3, -0.25) is 19.7 Å². The Kier molecular flexibility index (Phi) is 4.12. The van der Waals surface area contributed by atoms with Crippen LogP contribution in [0.2, 0.25) is 0 Å². The van der Waals surface area contributed by atoms with Crippen LogP contribution in [0.4, 0.5) is 11.4 Å². The van der Waals surface area contributed by atoms with Gasteiger partial charge in [0.1, 0.15) is 12.2 Å². The monoisotopic (exact) mass is 292 g/mol. The summed E-state index contributed by atoms with van der Waals surface area (Å²) in [6.45, 7) is 1.66. The number of nitro groups is 1. The molecule has 2 rings (SSSR count). The van der Waals surface area contributed by atoms with E-state index >= 15 is 0 Å². The number of esters is 1. The van der Waals surface area contributed by atoms with Gasteiger partial charge in [0.05, 0.1) is 28.8 Å². The number of carbonyl (C=O) groups is 1. The molecule has 0 radical (unpaired) electrons. The second-order valence-corrected chi connectivity index (χ2v) is 4.03. The lowest BCUT2D eigenvalue weighted by Gasteiger charge is -2.07. The molecular weight excluding hydrogens is 280 g/mol. The number of hydrogen-bond acceptors (Lipinski definition) is 7. The summed E-state index contributed by atoms with van der Waals surface area (Å²) in [7, 11) is 0. The van der Waals surface area contributed by atoms with Crippen molar-refractivity contribution in [2.45, 2.75) is 6.92 Å². The first-order valence-corrected chi connectivity index (χ1v) is 6.08. The van der Waals surface area contributed by atoms with E-state index in [9.17, 15) is 19.7 Å². The van der Waals surface area contributed by atoms with Crippen LogP contribution in [0.3, 0.4) is 0 Å². The third-order valence-electron chi connectivity index (χ3n) is 2.68. The average molecular weight is 292 g/mol. The Morgan fingerprint density at radius 3 is 2.95 bits per heavy atom. The summed E-state index contributed by atoms with van der Waals surface area (Å²) in [5.74, 6) is -0.536. The molecule has 2 aromatic rings. The molecular formula is C12H12N4O5. The first-order valence-electron chi connectivity index (χ1n) is 6.08. The Hall–Kier alpha value is -2.97. The van der Waals surface area contributed by atoms with Gasteiger partial charge < -0.3 is 15.0 Å². The van der Waals surface area contributed by atoms with Gasteiger partial charge in [-0.2, -0.15) is 0 Å². The van der Waals surface area contributed by atoms with E-state index in [1.165, 1.54) is 12.4 Å². The summed E-state index contributed by atoms with van der Waals surface area (Å²) >= 11 is 0. The predicted octanol–water partition coefficient (Wildman–Crippen LogP) is 0.806. The minimum absolute atomic E-state index is 0.0960. The van der Waals surface area contributed by atoms with Crippen molar-refractivity contribution in [1.82, 2.24) is 9.97 Å². The molecule has 0 saturated carbocycles. The minimum Gasteiger partial charge on any atom is -0.465 e. The number of anilines is 1. The molecule has 0 aliphatic rings. The third-order valence-corrected chi connectivity index (χ3v) is 2.68. The molecule has 0 amide bonds. The van der Waals surface area contributed by atoms with Crippen molar-refractivity contribution in [3.63, 3.8) is 0 Å². The largest absolute Gasteiger partial charge is 0.465 e. The fourth-order valence-corrected chi connectivity index (χ4v) is 1.78. The highest BCUT2D eigenvalue weighted by Gasteiger charge is 2.17. The normalized spacial score (nSPS) is 10.3. The lowest BCUT2D eigenvalue weighted by Crippen LogP contribution is -2.17. The summed E-state index contributed by atoms with van der Waals surface area (Å²) in [6, 6.07) is 2.47. The Morgan fingerprint density at radius 2 is 2.29 bits per heavy atom. The zero-order chi connectivity index (χ0) is 15.4. The van der Waals surface area contributed by atoms with Crippen molar-refractivity contribution in [3.8, 4) is 0 Å². The molecule has 0 unspecified atom stereocenters. The highest BCUT2D eigenvalue weighted by molar-refractivity contribution is 5.87. The number of nitro benzene ring substituents is 1. The highest BCUT2D eigenvalue weighted by Crippen LogP contribution is 2.27. The molecule has 0 saturated heterocycles. The van der Waals surface area contributed by atoms with Crippen LogP contribution in [0, 0.1) is 10.1 Å². The van der Waals surface area contributed by atoms with Gasteiger partial charge in [0.2, 0.25) is 0 Å². The van der Waals surface area contributed by atoms with Crippen LogP contribution < -0.4 is 10.9 Å². The number of aromatic nitrogens is 2. The van der Waals surface area contributed by atoms with Crippen LogP contribution in [0.25, 0.3) is 10.9 Å². The molecule has 1 aromatic carbocycles. The number of hydrogen-bond donors (Lipinski definition) is 2. The van der Waals surface area contributed by atoms with Crippen LogP contribution in [-0.2, 0) is 9.53 Å². The lowest BCUT2D eigenvalue weighted by molar-refractivity contribution is -0.383. The molecule has 1 aromatic heterocycles. The topological polar surface area (TPSA) is 127 Å². The molecule has 9 heteroatoms. The van der Waals surface area contributed by atoms with Crippen LogP contribution in [0.1, 0.15) is 6.92 Å². The number of benzene rings is 1. The fraction of sp³-hybridized carbons (Fsp3) is 0.250. The second kappa shape index (κ2) is 5.99. The number of rotatable bonds is 5. The summed E-state index contributed by atoms with van der Waals surface area (Å²) < 4.78 is 4.73. The summed E-state index contributed by atoms with van der Waals surface area (Å²) in [6.07, 6.45) is 1.20. The SMILES string of the molecule is CCOC(=O)CNc1cc2nc[nH]c(=O)c2cc1[N+](=O)[O-]. The van der Waals surface area contributed by atoms with E-state index < -0.39 is 16.5 Å². The number of nitrogens with one attached hydrogen (secondary N) is 2. The summed E-state index contributed by atoms with van der Waals surface area (Å²) in [4.78, 5) is 39.6. The van der Waals surface area contributed by atoms with E-state index in [0.717, 1.165) is 6.07 Å². The Balaban J connectivity index is 2.41. The Labute approximate surface area is 118 Å². The highest BCUT2D eigenvalue weighted by atomic mass is 16.6. The molecule has 0 spiro atoms. The van der Waals surface area contributed by atoms with Crippen LogP contribution in [0.5, 0.6) is 0 Å². The van der Waals surface area contributed by atoms with Crippen molar-refractivity contribution in [3.05, 3.63) is 38.9 Å². The van der Waals surface area contributed by atoms with Crippen LogP contribution in [-0.4, -0.2) is 34.0 Å². The van der Waals surface area contributed by atoms with Gasteiger partial charge in [0.15, 0.2) is 0 Å². The molecule has 21 heavy (non-hydrogen) atoms. The maximum atomic E-state index is 11.6. The molecule has 0 atom stereocenters. The number of nitrogens with zero attached hydrogens (tertiary/aromatic N) is 2. The summed E-state index contributed by atoms with van der Waals surface area (Å²) in [5, 5.41) is 13.8. The summed E-state index contributed by atoms with van der Waals surface area (Å²) in [5.41, 5.74) is -0.403. The lowest BCUT2D eigenvalue weighted by atomic mass is 10.2. The molecule has 2 N–H and O–H groups in total. The molecule has 0 fully saturated rings. The average Bonchev–Trinajstić information content (AvgIpc) is 2.45. The number of H-pyrrole nitrogens is 1. The van der Waals surface area contributed by atoms with Gasteiger partial charge in [-0.05, 0) is 13.0 Å². The van der Waals surface area contributed by atoms with Gasteiger partial charge in [-0.25, -0.2) is 4.98 Å². The number of carbonyl (C=O) groups excluding carboxylic acids is 1. The molecule has 0 aliphatic heterocycles. The smallest absolute Gasteiger partial charge is 0.325 e. The predicted molar refractivity (Wildman–Crippen MR) is 74.1 cm³/mol. The Morgan fingerprint density at radius 1 is 1.52 bits per heavy atom. The zero-order valence-corrected chi connectivity index (χ0v) is 11.1. The standard InChI is InChI=1S/C12H12N4O5/c1-2-21-11(17)5-13-9-4-8-7(3-10(9)16(19)20)12(18)15-6-14-8/h3-4,6,13H,2,5H2,1H3,(H,14,15,18). The van der Waals surface area contributed by atoms with Crippen molar-refractivity contribution in [2.24, 2.45) is 0 Å². The maximum Gasteiger partial charge on any atom is 0.325 e. The Bertz CT molecular complexity index is 755. The van der Waals surface area contributed by atoms with Crippen molar-refractivity contribution >= 4 is 28.2 Å². The third kappa shape index (κ3) is 3.14. The molecule has 1 heterocycles. The molecule has 0 bridgehead atoms. The first-order chi connectivity index (χ1) is 10.0. The minimum atomic E-state index is -0.640. The van der Waals surface area contributed by atoms with E-state index in [4.69, 9.17) is 4.74 Å². The van der Waals surface area contributed by atoms with Crippen molar-refractivity contribution < 1.29 is 14.5 Å². The van der Waals surface area contributed by atoms with Gasteiger partial charge in [0, 0.05) is 6.07 Å². The zero-order valence-electron chi connectivity index (χ0n) is 11.1. The first kappa shape index (κ1) is 14.4. The second-order valence-electron chi connectivity index (χ2n) is 4.03. The van der Waals surface area contributed by atoms with Gasteiger partial charge >= 0.3 is 5.97 Å². The van der Waals surface area contributed by atoms with E-state index in [1.54, 1.807) is 6.92 Å². The molecule has 0 aliphatic carbocycles. The van der Waals surface area contributed by atoms with Gasteiger partial charge in [-0.15, -0.1) is 0 Å². The van der Waals surface area contributed by atoms with Crippen molar-refractivity contribution in [2.75, 3.05) is 18.5 Å². The number of fused-ring (bicyclic) bond motifs is 1. The van der Waals surface area contributed by atoms with Gasteiger partial charge in [-0.1, -0.05) is 0 Å². The van der Waals surface area contributed by atoms with Gasteiger partial charge in [0.25, 0.3) is 11.2 Å². The van der Waals surface area contributed by atoms with E-state index in [0.29, 0.717) is 0 Å². The van der Waals surface area contributed by atoms with Crippen LogP contribution >= 0.6 is 0 Å². The molecule has 9 nitrogen and oxygen atoms in total. The number of ether oxygens (including phenoxy) is 1. The van der Waals surface area contributed by atoms with Crippen LogP contribution in [0.15, 0.2) is 23.3 Å². The fourth-order valence-electron chi connectivity index (χ4n) is 1.78. The van der Waals surface area contributed by atoms with E-state index in [2.05, 4.69) is 15.3 Å². The molecule has 110 valence electrons. The van der Waals surface area contributed by atoms with E-state index in [1.807, 2.05) is 0 Å². The van der Waals surface area contributed by atoms with Crippen molar-refractivity contribution in [1.29, 1.82) is 0 Å². The maximum absolute atomic E-state index is 11.6. The van der Waals surface area contributed by atoms with E-state index in [-0.39, 0.29) is 35.4 Å².